The van der Waals surface area contributed by atoms with Crippen LogP contribution in [0.3, 0.4) is 0 Å². The van der Waals surface area contributed by atoms with Crippen LogP contribution in [0.15, 0.2) is 24.3 Å². The molecule has 1 aromatic carbocycles. The Bertz CT molecular complexity index is 829. The van der Waals surface area contributed by atoms with Gasteiger partial charge in [0.25, 0.3) is 11.8 Å². The molecule has 0 spiro atoms. The summed E-state index contributed by atoms with van der Waals surface area (Å²) in [7, 11) is 0. The summed E-state index contributed by atoms with van der Waals surface area (Å²) >= 11 is 0. The number of rotatable bonds is 6. The molecule has 1 aliphatic rings. The number of amides is 1. The second-order valence-electron chi connectivity index (χ2n) is 6.72. The molecule has 1 fully saturated rings. The van der Waals surface area contributed by atoms with E-state index in [2.05, 4.69) is 32.4 Å². The van der Waals surface area contributed by atoms with E-state index in [-0.39, 0.29) is 29.9 Å². The lowest BCUT2D eigenvalue weighted by atomic mass is 10.1. The van der Waals surface area contributed by atoms with Crippen LogP contribution in [0.4, 0.5) is 4.39 Å². The molecule has 1 unspecified atom stereocenters. The monoisotopic (exact) mass is 389 g/mol. The van der Waals surface area contributed by atoms with Crippen molar-refractivity contribution in [3.63, 3.8) is 0 Å². The van der Waals surface area contributed by atoms with Gasteiger partial charge in [-0.2, -0.15) is 4.98 Å². The first-order valence-corrected chi connectivity index (χ1v) is 9.26. The van der Waals surface area contributed by atoms with Gasteiger partial charge in [0.2, 0.25) is 5.75 Å². The summed E-state index contributed by atoms with van der Waals surface area (Å²) in [6, 6.07) is 5.43. The first kappa shape index (κ1) is 20.0. The van der Waals surface area contributed by atoms with Gasteiger partial charge in [0.15, 0.2) is 11.5 Å². The van der Waals surface area contributed by atoms with Gasteiger partial charge in [0.1, 0.15) is 5.82 Å². The van der Waals surface area contributed by atoms with Crippen molar-refractivity contribution < 1.29 is 19.4 Å². The Labute approximate surface area is 162 Å². The van der Waals surface area contributed by atoms with E-state index in [1.54, 1.807) is 12.1 Å². The maximum absolute atomic E-state index is 13.0. The first-order valence-electron chi connectivity index (χ1n) is 9.26. The zero-order valence-electron chi connectivity index (χ0n) is 15.7. The summed E-state index contributed by atoms with van der Waals surface area (Å²) in [5.41, 5.74) is 0.399. The Morgan fingerprint density at radius 3 is 2.79 bits per heavy atom. The van der Waals surface area contributed by atoms with Gasteiger partial charge in [-0.3, -0.25) is 4.79 Å². The zero-order chi connectivity index (χ0) is 20.1. The van der Waals surface area contributed by atoms with E-state index in [0.29, 0.717) is 12.1 Å². The number of carbonyl (C=O) groups is 1. The molecule has 2 heterocycles. The summed E-state index contributed by atoms with van der Waals surface area (Å²) in [4.78, 5) is 22.9. The average Bonchev–Trinajstić information content (AvgIpc) is 2.70. The van der Waals surface area contributed by atoms with E-state index in [1.807, 2.05) is 0 Å². The van der Waals surface area contributed by atoms with E-state index < -0.39 is 17.5 Å². The molecule has 1 amide bonds. The third-order valence-electron chi connectivity index (χ3n) is 4.58. The fourth-order valence-electron chi connectivity index (χ4n) is 3.15. The van der Waals surface area contributed by atoms with Gasteiger partial charge in [0, 0.05) is 26.2 Å². The molecule has 1 aromatic heterocycles. The van der Waals surface area contributed by atoms with E-state index >= 15 is 0 Å². The third kappa shape index (κ3) is 4.73. The number of nitrogens with one attached hydrogen (secondary N) is 2. The van der Waals surface area contributed by atoms with Crippen molar-refractivity contribution in [3.05, 3.63) is 47.2 Å². The molecule has 1 saturated heterocycles. The Balaban J connectivity index is 1.75. The van der Waals surface area contributed by atoms with Gasteiger partial charge in [-0.1, -0.05) is 19.1 Å². The second kappa shape index (κ2) is 8.94. The second-order valence-corrected chi connectivity index (χ2v) is 6.72. The lowest BCUT2D eigenvalue weighted by Crippen LogP contribution is -2.46. The molecular formula is C19H24FN5O3. The Morgan fingerprint density at radius 1 is 1.32 bits per heavy atom. The van der Waals surface area contributed by atoms with Crippen LogP contribution in [0.25, 0.3) is 0 Å². The first-order chi connectivity index (χ1) is 13.5. The van der Waals surface area contributed by atoms with E-state index in [1.165, 1.54) is 12.1 Å². The normalized spacial score (nSPS) is 17.4. The van der Waals surface area contributed by atoms with Crippen LogP contribution in [-0.4, -0.2) is 57.2 Å². The van der Waals surface area contributed by atoms with Crippen molar-refractivity contribution in [2.45, 2.75) is 25.9 Å². The Hall–Kier alpha value is -2.78. The number of halogens is 1. The molecule has 0 radical (unpaired) electrons. The molecule has 0 aliphatic carbocycles. The Kier molecular flexibility index (Phi) is 6.37. The van der Waals surface area contributed by atoms with Gasteiger partial charge in [0.05, 0.1) is 6.04 Å². The largest absolute Gasteiger partial charge is 0.501 e. The number of hydrogen-bond acceptors (Lipinski definition) is 7. The molecule has 0 saturated carbocycles. The predicted octanol–water partition coefficient (Wildman–Crippen LogP) is 1.31. The van der Waals surface area contributed by atoms with Gasteiger partial charge in [-0.15, -0.1) is 0 Å². The highest BCUT2D eigenvalue weighted by molar-refractivity contribution is 5.95. The molecule has 4 N–H and O–H groups in total. The minimum Gasteiger partial charge on any atom is -0.501 e. The summed E-state index contributed by atoms with van der Waals surface area (Å²) in [5, 5.41) is 25.9. The molecule has 1 atom stereocenters. The van der Waals surface area contributed by atoms with Crippen LogP contribution in [0, 0.1) is 5.82 Å². The van der Waals surface area contributed by atoms with Crippen molar-refractivity contribution in [3.8, 4) is 11.6 Å². The highest BCUT2D eigenvalue weighted by Gasteiger charge is 2.26. The molecule has 8 nitrogen and oxygen atoms in total. The lowest BCUT2D eigenvalue weighted by Gasteiger charge is -2.32. The maximum Gasteiger partial charge on any atom is 0.274 e. The molecule has 150 valence electrons. The number of carbonyl (C=O) groups excluding carboxylic acids is 1. The van der Waals surface area contributed by atoms with Crippen molar-refractivity contribution in [1.29, 1.82) is 0 Å². The molecule has 1 aliphatic heterocycles. The quantitative estimate of drug-likeness (QED) is 0.590. The molecular weight excluding hydrogens is 365 g/mol. The minimum atomic E-state index is -0.665. The fraction of sp³-hybridized carbons (Fsp3) is 0.421. The number of aromatic nitrogens is 2. The van der Waals surface area contributed by atoms with Crippen LogP contribution in [0.1, 0.15) is 41.3 Å². The van der Waals surface area contributed by atoms with Gasteiger partial charge >= 0.3 is 0 Å². The van der Waals surface area contributed by atoms with Crippen molar-refractivity contribution in [1.82, 2.24) is 25.5 Å². The van der Waals surface area contributed by atoms with Crippen molar-refractivity contribution in [2.24, 2.45) is 0 Å². The summed E-state index contributed by atoms with van der Waals surface area (Å²) < 4.78 is 13.0. The van der Waals surface area contributed by atoms with Crippen LogP contribution >= 0.6 is 0 Å². The number of aromatic hydroxyl groups is 2. The van der Waals surface area contributed by atoms with E-state index in [9.17, 15) is 19.4 Å². The summed E-state index contributed by atoms with van der Waals surface area (Å²) in [5.74, 6) is -2.06. The number of benzene rings is 1. The van der Waals surface area contributed by atoms with Gasteiger partial charge in [-0.05, 0) is 30.7 Å². The smallest absolute Gasteiger partial charge is 0.274 e. The molecule has 9 heteroatoms. The highest BCUT2D eigenvalue weighted by atomic mass is 19.1. The topological polar surface area (TPSA) is 111 Å². The van der Waals surface area contributed by atoms with Gasteiger partial charge < -0.3 is 25.7 Å². The highest BCUT2D eigenvalue weighted by Crippen LogP contribution is 2.27. The zero-order valence-corrected chi connectivity index (χ0v) is 15.7. The number of piperazine rings is 1. The van der Waals surface area contributed by atoms with Crippen LogP contribution in [-0.2, 0) is 6.54 Å². The van der Waals surface area contributed by atoms with Gasteiger partial charge in [-0.25, -0.2) is 9.37 Å². The SMILES string of the molecule is CCCN1CCNC(c2nc(O)c(O)c(C(=O)NCc3ccc(F)cc3)n2)C1. The van der Waals surface area contributed by atoms with Crippen molar-refractivity contribution >= 4 is 5.91 Å². The van der Waals surface area contributed by atoms with Crippen molar-refractivity contribution in [2.75, 3.05) is 26.2 Å². The summed E-state index contributed by atoms with van der Waals surface area (Å²) in [6.07, 6.45) is 1.02. The standard InChI is InChI=1S/C19H24FN5O3/c1-2-8-25-9-7-21-14(11-25)17-23-15(16(26)19(28)24-17)18(27)22-10-12-3-5-13(20)6-4-12/h3-6,14,21,26H,2,7-11H2,1H3,(H,22,27)(H,23,24,28). The van der Waals surface area contributed by atoms with Crippen LogP contribution in [0.2, 0.25) is 0 Å². The van der Waals surface area contributed by atoms with E-state index in [4.69, 9.17) is 0 Å². The van der Waals surface area contributed by atoms with Crippen LogP contribution in [0.5, 0.6) is 11.6 Å². The number of nitrogens with zero attached hydrogens (tertiary/aromatic N) is 3. The molecule has 28 heavy (non-hydrogen) atoms. The van der Waals surface area contributed by atoms with Crippen LogP contribution < -0.4 is 10.6 Å². The summed E-state index contributed by atoms with van der Waals surface area (Å²) in [6.45, 7) is 5.46. The molecule has 3 rings (SSSR count). The third-order valence-corrected chi connectivity index (χ3v) is 4.58. The minimum absolute atomic E-state index is 0.130. The number of hydrogen-bond donors (Lipinski definition) is 4. The average molecular weight is 389 g/mol. The Morgan fingerprint density at radius 2 is 2.07 bits per heavy atom. The predicted molar refractivity (Wildman–Crippen MR) is 100 cm³/mol. The molecule has 0 bridgehead atoms. The maximum atomic E-state index is 13.0. The fourth-order valence-corrected chi connectivity index (χ4v) is 3.15. The molecule has 2 aromatic rings. The van der Waals surface area contributed by atoms with E-state index in [0.717, 1.165) is 26.1 Å². The lowest BCUT2D eigenvalue weighted by molar-refractivity contribution is 0.0940.